The standard InChI is InChI=1S/C14H14N2O3/c15-14-4-2-11(6-16-14)8-17-7-10-1-3-12-13(5-10)19-9-18-12/h1-6H,7-9H2,(H2,15,16). The highest BCUT2D eigenvalue weighted by atomic mass is 16.7. The van der Waals surface area contributed by atoms with Gasteiger partial charge in [-0.2, -0.15) is 0 Å². The molecule has 0 spiro atoms. The van der Waals surface area contributed by atoms with Gasteiger partial charge in [-0.3, -0.25) is 0 Å². The number of pyridine rings is 1. The number of nitrogens with zero attached hydrogens (tertiary/aromatic N) is 1. The average Bonchev–Trinajstić information content (AvgIpc) is 2.88. The van der Waals surface area contributed by atoms with E-state index in [4.69, 9.17) is 19.9 Å². The molecule has 0 aliphatic carbocycles. The van der Waals surface area contributed by atoms with Crippen LogP contribution in [-0.4, -0.2) is 11.8 Å². The van der Waals surface area contributed by atoms with Crippen molar-refractivity contribution in [3.8, 4) is 11.5 Å². The maximum absolute atomic E-state index is 5.63. The first-order chi connectivity index (χ1) is 9.31. The molecule has 0 amide bonds. The van der Waals surface area contributed by atoms with Crippen molar-refractivity contribution in [1.82, 2.24) is 4.98 Å². The largest absolute Gasteiger partial charge is 0.454 e. The Morgan fingerprint density at radius 3 is 2.68 bits per heavy atom. The quantitative estimate of drug-likeness (QED) is 0.909. The molecule has 5 nitrogen and oxygen atoms in total. The number of ether oxygens (including phenoxy) is 3. The molecule has 1 aliphatic heterocycles. The molecular weight excluding hydrogens is 244 g/mol. The fourth-order valence-electron chi connectivity index (χ4n) is 1.84. The van der Waals surface area contributed by atoms with Gasteiger partial charge in [0.05, 0.1) is 13.2 Å². The number of hydrogen-bond donors (Lipinski definition) is 1. The summed E-state index contributed by atoms with van der Waals surface area (Å²) in [6.07, 6.45) is 1.72. The number of aromatic nitrogens is 1. The lowest BCUT2D eigenvalue weighted by molar-refractivity contribution is 0.107. The molecule has 1 aromatic carbocycles. The molecule has 19 heavy (non-hydrogen) atoms. The highest BCUT2D eigenvalue weighted by molar-refractivity contribution is 5.44. The van der Waals surface area contributed by atoms with Crippen LogP contribution in [-0.2, 0) is 18.0 Å². The van der Waals surface area contributed by atoms with Crippen LogP contribution < -0.4 is 15.2 Å². The lowest BCUT2D eigenvalue weighted by Gasteiger charge is -2.05. The van der Waals surface area contributed by atoms with Crippen LogP contribution in [0.3, 0.4) is 0 Å². The Bertz CT molecular complexity index is 569. The van der Waals surface area contributed by atoms with Crippen LogP contribution in [0, 0.1) is 0 Å². The first-order valence-electron chi connectivity index (χ1n) is 5.98. The highest BCUT2D eigenvalue weighted by Gasteiger charge is 2.12. The number of rotatable bonds is 4. The fourth-order valence-corrected chi connectivity index (χ4v) is 1.84. The number of fused-ring (bicyclic) bond motifs is 1. The van der Waals surface area contributed by atoms with Crippen molar-refractivity contribution in [2.75, 3.05) is 12.5 Å². The molecule has 0 bridgehead atoms. The number of anilines is 1. The molecule has 2 heterocycles. The molecule has 5 heteroatoms. The van der Waals surface area contributed by atoms with Gasteiger partial charge < -0.3 is 19.9 Å². The Balaban J connectivity index is 1.56. The van der Waals surface area contributed by atoms with Crippen molar-refractivity contribution in [3.05, 3.63) is 47.7 Å². The van der Waals surface area contributed by atoms with Gasteiger partial charge in [0, 0.05) is 6.20 Å². The van der Waals surface area contributed by atoms with E-state index in [2.05, 4.69) is 4.98 Å². The Morgan fingerprint density at radius 2 is 1.84 bits per heavy atom. The minimum Gasteiger partial charge on any atom is -0.454 e. The smallest absolute Gasteiger partial charge is 0.231 e. The van der Waals surface area contributed by atoms with Gasteiger partial charge in [-0.05, 0) is 29.3 Å². The van der Waals surface area contributed by atoms with Gasteiger partial charge in [0.1, 0.15) is 5.82 Å². The van der Waals surface area contributed by atoms with E-state index in [1.165, 1.54) is 0 Å². The van der Waals surface area contributed by atoms with Gasteiger partial charge in [-0.1, -0.05) is 12.1 Å². The van der Waals surface area contributed by atoms with Crippen molar-refractivity contribution in [3.63, 3.8) is 0 Å². The third kappa shape index (κ3) is 2.77. The average molecular weight is 258 g/mol. The van der Waals surface area contributed by atoms with E-state index in [0.717, 1.165) is 22.6 Å². The predicted octanol–water partition coefficient (Wildman–Crippen LogP) is 2.11. The van der Waals surface area contributed by atoms with Gasteiger partial charge in [-0.15, -0.1) is 0 Å². The summed E-state index contributed by atoms with van der Waals surface area (Å²) in [5.74, 6) is 2.07. The number of nitrogen functional groups attached to an aromatic ring is 1. The van der Waals surface area contributed by atoms with Crippen LogP contribution in [0.25, 0.3) is 0 Å². The second-order valence-corrected chi connectivity index (χ2v) is 4.27. The van der Waals surface area contributed by atoms with Gasteiger partial charge in [0.15, 0.2) is 11.5 Å². The normalized spacial score (nSPS) is 12.6. The maximum Gasteiger partial charge on any atom is 0.231 e. The SMILES string of the molecule is Nc1ccc(COCc2ccc3c(c2)OCO3)cn1. The Kier molecular flexibility index (Phi) is 3.20. The molecule has 2 N–H and O–H groups in total. The Morgan fingerprint density at radius 1 is 1.05 bits per heavy atom. The van der Waals surface area contributed by atoms with E-state index in [1.807, 2.05) is 24.3 Å². The Hall–Kier alpha value is -2.27. The molecule has 0 saturated heterocycles. The lowest BCUT2D eigenvalue weighted by Crippen LogP contribution is -1.96. The summed E-state index contributed by atoms with van der Waals surface area (Å²) in [5, 5.41) is 0. The molecular formula is C14H14N2O3. The molecule has 0 saturated carbocycles. The summed E-state index contributed by atoms with van der Waals surface area (Å²) in [7, 11) is 0. The molecule has 0 fully saturated rings. The van der Waals surface area contributed by atoms with E-state index >= 15 is 0 Å². The van der Waals surface area contributed by atoms with Gasteiger partial charge >= 0.3 is 0 Å². The summed E-state index contributed by atoms with van der Waals surface area (Å²) in [6.45, 7) is 1.31. The van der Waals surface area contributed by atoms with E-state index < -0.39 is 0 Å². The van der Waals surface area contributed by atoms with Crippen molar-refractivity contribution in [1.29, 1.82) is 0 Å². The van der Waals surface area contributed by atoms with E-state index in [-0.39, 0.29) is 6.79 Å². The summed E-state index contributed by atoms with van der Waals surface area (Å²) in [6, 6.07) is 9.46. The van der Waals surface area contributed by atoms with E-state index in [1.54, 1.807) is 12.3 Å². The van der Waals surface area contributed by atoms with E-state index in [9.17, 15) is 0 Å². The van der Waals surface area contributed by atoms with Crippen LogP contribution in [0.1, 0.15) is 11.1 Å². The molecule has 0 radical (unpaired) electrons. The van der Waals surface area contributed by atoms with Gasteiger partial charge in [-0.25, -0.2) is 4.98 Å². The van der Waals surface area contributed by atoms with E-state index in [0.29, 0.717) is 19.0 Å². The molecule has 0 atom stereocenters. The molecule has 1 aromatic heterocycles. The minimum absolute atomic E-state index is 0.288. The van der Waals surface area contributed by atoms with Gasteiger partial charge in [0.25, 0.3) is 0 Å². The molecule has 98 valence electrons. The first kappa shape index (κ1) is 11.8. The highest BCUT2D eigenvalue weighted by Crippen LogP contribution is 2.32. The first-order valence-corrected chi connectivity index (χ1v) is 5.98. The Labute approximate surface area is 110 Å². The van der Waals surface area contributed by atoms with Crippen LogP contribution in [0.2, 0.25) is 0 Å². The molecule has 1 aliphatic rings. The summed E-state index contributed by atoms with van der Waals surface area (Å²) in [5.41, 5.74) is 7.56. The maximum atomic E-state index is 5.63. The molecule has 3 rings (SSSR count). The van der Waals surface area contributed by atoms with Crippen LogP contribution in [0.5, 0.6) is 11.5 Å². The third-order valence-corrected chi connectivity index (χ3v) is 2.82. The van der Waals surface area contributed by atoms with Crippen molar-refractivity contribution >= 4 is 5.82 Å². The van der Waals surface area contributed by atoms with Crippen molar-refractivity contribution in [2.24, 2.45) is 0 Å². The summed E-state index contributed by atoms with van der Waals surface area (Å²) >= 11 is 0. The van der Waals surface area contributed by atoms with Crippen LogP contribution in [0.4, 0.5) is 5.82 Å². The topological polar surface area (TPSA) is 66.6 Å². The second-order valence-electron chi connectivity index (χ2n) is 4.27. The van der Waals surface area contributed by atoms with Crippen molar-refractivity contribution in [2.45, 2.75) is 13.2 Å². The molecule has 2 aromatic rings. The third-order valence-electron chi connectivity index (χ3n) is 2.82. The van der Waals surface area contributed by atoms with Crippen molar-refractivity contribution < 1.29 is 14.2 Å². The van der Waals surface area contributed by atoms with Crippen LogP contribution >= 0.6 is 0 Å². The zero-order chi connectivity index (χ0) is 13.1. The van der Waals surface area contributed by atoms with Crippen LogP contribution in [0.15, 0.2) is 36.5 Å². The summed E-state index contributed by atoms with van der Waals surface area (Å²) in [4.78, 5) is 4.01. The number of nitrogens with two attached hydrogens (primary N) is 1. The molecule has 0 unspecified atom stereocenters. The predicted molar refractivity (Wildman–Crippen MR) is 69.7 cm³/mol. The second kappa shape index (κ2) is 5.16. The lowest BCUT2D eigenvalue weighted by atomic mass is 10.2. The number of hydrogen-bond acceptors (Lipinski definition) is 5. The minimum atomic E-state index is 0.288. The zero-order valence-corrected chi connectivity index (χ0v) is 10.3. The number of benzene rings is 1. The monoisotopic (exact) mass is 258 g/mol. The zero-order valence-electron chi connectivity index (χ0n) is 10.3. The van der Waals surface area contributed by atoms with Gasteiger partial charge in [0.2, 0.25) is 6.79 Å². The summed E-state index contributed by atoms with van der Waals surface area (Å²) < 4.78 is 16.2. The fraction of sp³-hybridized carbons (Fsp3) is 0.214.